The normalized spacial score (nSPS) is 11.1. The Balaban J connectivity index is 2.46. The topological polar surface area (TPSA) is 50.9 Å². The molecule has 2 aromatic rings. The van der Waals surface area contributed by atoms with Crippen molar-refractivity contribution in [2.45, 2.75) is 23.3 Å². The lowest BCUT2D eigenvalue weighted by Crippen LogP contribution is -2.05. The van der Waals surface area contributed by atoms with Gasteiger partial charge in [-0.05, 0) is 12.1 Å². The molecule has 102 valence electrons. The van der Waals surface area contributed by atoms with Crippen LogP contribution in [-0.2, 0) is 0 Å². The summed E-state index contributed by atoms with van der Waals surface area (Å²) in [7, 11) is 0. The van der Waals surface area contributed by atoms with Gasteiger partial charge in [-0.2, -0.15) is 0 Å². The van der Waals surface area contributed by atoms with E-state index in [-0.39, 0.29) is 0 Å². The van der Waals surface area contributed by atoms with Gasteiger partial charge < -0.3 is 0 Å². The Hall–Kier alpha value is -0.460. The SMILES string of the molecule is CC(C)Sc1sc(NN)nc1-c1ccc(Cl)c(Cl)c1. The summed E-state index contributed by atoms with van der Waals surface area (Å²) in [6.45, 7) is 4.27. The highest BCUT2D eigenvalue weighted by molar-refractivity contribution is 8.01. The van der Waals surface area contributed by atoms with Gasteiger partial charge in [0.05, 0.1) is 19.9 Å². The molecule has 0 aliphatic heterocycles. The fourth-order valence-corrected chi connectivity index (χ4v) is 4.13. The average molecular weight is 334 g/mol. The largest absolute Gasteiger partial charge is 0.300 e. The zero-order chi connectivity index (χ0) is 14.0. The molecule has 2 rings (SSSR count). The third-order valence-electron chi connectivity index (χ3n) is 2.26. The first kappa shape index (κ1) is 14.9. The van der Waals surface area contributed by atoms with Crippen molar-refractivity contribution in [1.29, 1.82) is 0 Å². The van der Waals surface area contributed by atoms with Gasteiger partial charge in [0.1, 0.15) is 0 Å². The first-order valence-electron chi connectivity index (χ1n) is 5.60. The molecule has 0 aliphatic carbocycles. The number of anilines is 1. The number of nitrogen functional groups attached to an aromatic ring is 1. The van der Waals surface area contributed by atoms with Crippen molar-refractivity contribution in [1.82, 2.24) is 4.98 Å². The van der Waals surface area contributed by atoms with Crippen molar-refractivity contribution in [2.75, 3.05) is 5.43 Å². The minimum atomic E-state index is 0.465. The van der Waals surface area contributed by atoms with Crippen LogP contribution in [0.3, 0.4) is 0 Å². The van der Waals surface area contributed by atoms with Crippen molar-refractivity contribution in [2.24, 2.45) is 5.84 Å². The number of nitrogens with zero attached hydrogens (tertiary/aromatic N) is 1. The van der Waals surface area contributed by atoms with Crippen molar-refractivity contribution in [3.8, 4) is 11.3 Å². The van der Waals surface area contributed by atoms with Crippen molar-refractivity contribution < 1.29 is 0 Å². The van der Waals surface area contributed by atoms with Gasteiger partial charge >= 0.3 is 0 Å². The maximum atomic E-state index is 6.06. The lowest BCUT2D eigenvalue weighted by atomic mass is 10.2. The van der Waals surface area contributed by atoms with E-state index < -0.39 is 0 Å². The Morgan fingerprint density at radius 2 is 2.05 bits per heavy atom. The molecule has 1 aromatic carbocycles. The molecule has 1 heterocycles. The van der Waals surface area contributed by atoms with Gasteiger partial charge in [0.25, 0.3) is 0 Å². The number of nitrogens with two attached hydrogens (primary N) is 1. The van der Waals surface area contributed by atoms with Crippen molar-refractivity contribution in [3.05, 3.63) is 28.2 Å². The molecule has 3 N–H and O–H groups in total. The molecule has 0 aliphatic rings. The van der Waals surface area contributed by atoms with Crippen LogP contribution >= 0.6 is 46.3 Å². The Morgan fingerprint density at radius 1 is 1.32 bits per heavy atom. The minimum absolute atomic E-state index is 0.465. The lowest BCUT2D eigenvalue weighted by molar-refractivity contribution is 1.11. The molecule has 0 spiro atoms. The summed E-state index contributed by atoms with van der Waals surface area (Å²) in [5.74, 6) is 5.44. The monoisotopic (exact) mass is 333 g/mol. The number of hydrogen-bond donors (Lipinski definition) is 2. The molecular weight excluding hydrogens is 321 g/mol. The van der Waals surface area contributed by atoms with E-state index in [2.05, 4.69) is 24.3 Å². The molecule has 7 heteroatoms. The van der Waals surface area contributed by atoms with Crippen LogP contribution in [0.5, 0.6) is 0 Å². The van der Waals surface area contributed by atoms with Crippen LogP contribution in [-0.4, -0.2) is 10.2 Å². The maximum Gasteiger partial charge on any atom is 0.198 e. The Kier molecular flexibility index (Phi) is 4.97. The second kappa shape index (κ2) is 6.33. The van der Waals surface area contributed by atoms with Gasteiger partial charge in [-0.15, -0.1) is 11.8 Å². The zero-order valence-corrected chi connectivity index (χ0v) is 13.6. The number of nitrogens with one attached hydrogen (secondary N) is 1. The summed E-state index contributed by atoms with van der Waals surface area (Å²) in [5.41, 5.74) is 4.42. The summed E-state index contributed by atoms with van der Waals surface area (Å²) < 4.78 is 1.11. The Morgan fingerprint density at radius 3 is 2.63 bits per heavy atom. The molecule has 0 unspecified atom stereocenters. The quantitative estimate of drug-likeness (QED) is 0.474. The summed E-state index contributed by atoms with van der Waals surface area (Å²) >= 11 is 15.3. The second-order valence-corrected chi connectivity index (χ2v) is 7.75. The number of halogens is 2. The number of hydrazine groups is 1. The molecule has 0 bridgehead atoms. The number of benzene rings is 1. The van der Waals surface area contributed by atoms with E-state index >= 15 is 0 Å². The molecule has 3 nitrogen and oxygen atoms in total. The number of aromatic nitrogens is 1. The Labute approximate surface area is 130 Å². The smallest absolute Gasteiger partial charge is 0.198 e. The number of rotatable bonds is 4. The van der Waals surface area contributed by atoms with E-state index in [1.54, 1.807) is 17.8 Å². The van der Waals surface area contributed by atoms with E-state index in [0.29, 0.717) is 20.4 Å². The third kappa shape index (κ3) is 3.55. The van der Waals surface area contributed by atoms with E-state index in [0.717, 1.165) is 15.5 Å². The third-order valence-corrected chi connectivity index (χ3v) is 5.19. The van der Waals surface area contributed by atoms with Gasteiger partial charge in [0, 0.05) is 10.8 Å². The van der Waals surface area contributed by atoms with Crippen molar-refractivity contribution in [3.63, 3.8) is 0 Å². The van der Waals surface area contributed by atoms with Crippen LogP contribution in [0, 0.1) is 0 Å². The summed E-state index contributed by atoms with van der Waals surface area (Å²) in [6, 6.07) is 5.51. The molecular formula is C12H13Cl2N3S2. The molecule has 0 radical (unpaired) electrons. The van der Waals surface area contributed by atoms with Gasteiger partial charge in [-0.25, -0.2) is 10.8 Å². The highest BCUT2D eigenvalue weighted by Gasteiger charge is 2.15. The molecule has 0 saturated heterocycles. The van der Waals surface area contributed by atoms with E-state index in [9.17, 15) is 0 Å². The second-order valence-electron chi connectivity index (χ2n) is 4.09. The lowest BCUT2D eigenvalue weighted by Gasteiger charge is -2.05. The summed E-state index contributed by atoms with van der Waals surface area (Å²) in [5, 5.41) is 2.21. The zero-order valence-electron chi connectivity index (χ0n) is 10.4. The molecule has 0 atom stereocenters. The number of thioether (sulfide) groups is 1. The van der Waals surface area contributed by atoms with Crippen LogP contribution in [0.1, 0.15) is 13.8 Å². The van der Waals surface area contributed by atoms with Crippen LogP contribution in [0.15, 0.2) is 22.4 Å². The van der Waals surface area contributed by atoms with Gasteiger partial charge in [-0.1, -0.05) is 54.5 Å². The molecule has 0 fully saturated rings. The highest BCUT2D eigenvalue weighted by Crippen LogP contribution is 2.41. The average Bonchev–Trinajstić information content (AvgIpc) is 2.75. The predicted molar refractivity (Wildman–Crippen MR) is 86.4 cm³/mol. The predicted octanol–water partition coefficient (Wildman–Crippen LogP) is 4.90. The van der Waals surface area contributed by atoms with Crippen molar-refractivity contribution >= 4 is 51.4 Å². The molecule has 0 amide bonds. The standard InChI is InChI=1S/C12H13Cl2N3S2/c1-6(2)18-11-10(16-12(17-15)19-11)7-3-4-8(13)9(14)5-7/h3-6H,15H2,1-2H3,(H,16,17). The van der Waals surface area contributed by atoms with Gasteiger partial charge in [0.2, 0.25) is 0 Å². The molecule has 0 saturated carbocycles. The van der Waals surface area contributed by atoms with Crippen LogP contribution in [0.2, 0.25) is 10.0 Å². The fraction of sp³-hybridized carbons (Fsp3) is 0.250. The van der Waals surface area contributed by atoms with Gasteiger partial charge in [0.15, 0.2) is 5.13 Å². The van der Waals surface area contributed by atoms with Crippen LogP contribution in [0.4, 0.5) is 5.13 Å². The first-order chi connectivity index (χ1) is 9.01. The number of thiazole rings is 1. The number of hydrogen-bond acceptors (Lipinski definition) is 5. The minimum Gasteiger partial charge on any atom is -0.300 e. The van der Waals surface area contributed by atoms with E-state index in [1.165, 1.54) is 11.3 Å². The summed E-state index contributed by atoms with van der Waals surface area (Å²) in [4.78, 5) is 4.48. The fourth-order valence-electron chi connectivity index (χ4n) is 1.49. The summed E-state index contributed by atoms with van der Waals surface area (Å²) in [6.07, 6.45) is 0. The molecule has 1 aromatic heterocycles. The van der Waals surface area contributed by atoms with E-state index in [1.807, 2.05) is 12.1 Å². The van der Waals surface area contributed by atoms with E-state index in [4.69, 9.17) is 29.0 Å². The highest BCUT2D eigenvalue weighted by atomic mass is 35.5. The van der Waals surface area contributed by atoms with Crippen LogP contribution in [0.25, 0.3) is 11.3 Å². The Bertz CT molecular complexity index is 584. The van der Waals surface area contributed by atoms with Crippen LogP contribution < -0.4 is 11.3 Å². The van der Waals surface area contributed by atoms with Gasteiger partial charge in [-0.3, -0.25) is 5.43 Å². The molecule has 19 heavy (non-hydrogen) atoms. The maximum absolute atomic E-state index is 6.06. The first-order valence-corrected chi connectivity index (χ1v) is 8.06.